The van der Waals surface area contributed by atoms with Crippen molar-refractivity contribution in [1.82, 2.24) is 10.3 Å². The van der Waals surface area contributed by atoms with Gasteiger partial charge >= 0.3 is 0 Å². The molecular formula is C14H25N5. The number of nitrogens with two attached hydrogens (primary N) is 1. The average molecular weight is 263 g/mol. The van der Waals surface area contributed by atoms with Crippen molar-refractivity contribution in [3.05, 3.63) is 30.3 Å². The summed E-state index contributed by atoms with van der Waals surface area (Å²) >= 11 is 0. The molecule has 0 heterocycles. The lowest BCUT2D eigenvalue weighted by molar-refractivity contribution is 0.289. The van der Waals surface area contributed by atoms with Gasteiger partial charge in [0.25, 0.3) is 0 Å². The summed E-state index contributed by atoms with van der Waals surface area (Å²) in [6, 6.07) is 10.0. The van der Waals surface area contributed by atoms with Crippen molar-refractivity contribution in [2.75, 3.05) is 25.0 Å². The van der Waals surface area contributed by atoms with Crippen molar-refractivity contribution >= 4 is 11.6 Å². The molecule has 0 spiro atoms. The first-order valence-electron chi connectivity index (χ1n) is 6.78. The molecule has 5 nitrogen and oxygen atoms in total. The minimum atomic E-state index is 0.183. The molecule has 0 saturated carbocycles. The Labute approximate surface area is 115 Å². The van der Waals surface area contributed by atoms with Crippen molar-refractivity contribution < 1.29 is 0 Å². The Balaban J connectivity index is 2.60. The zero-order valence-electron chi connectivity index (χ0n) is 12.1. The highest BCUT2D eigenvalue weighted by atomic mass is 15.3. The molecular weight excluding hydrogens is 238 g/mol. The quantitative estimate of drug-likeness (QED) is 0.316. The van der Waals surface area contributed by atoms with Gasteiger partial charge in [-0.05, 0) is 32.1 Å². The molecule has 0 aliphatic rings. The van der Waals surface area contributed by atoms with Gasteiger partial charge < -0.3 is 10.2 Å². The maximum absolute atomic E-state index is 5.51. The van der Waals surface area contributed by atoms with Gasteiger partial charge in [-0.25, -0.2) is 10.8 Å². The molecule has 0 aliphatic carbocycles. The number of hydrogen-bond acceptors (Lipinski definition) is 3. The maximum Gasteiger partial charge on any atom is 0.210 e. The molecule has 4 N–H and O–H groups in total. The number of rotatable bonds is 6. The molecule has 1 unspecified atom stereocenters. The Morgan fingerprint density at radius 3 is 2.42 bits per heavy atom. The predicted octanol–water partition coefficient (Wildman–Crippen LogP) is 1.65. The van der Waals surface area contributed by atoms with Gasteiger partial charge in [0.1, 0.15) is 0 Å². The predicted molar refractivity (Wildman–Crippen MR) is 82.1 cm³/mol. The summed E-state index contributed by atoms with van der Waals surface area (Å²) in [7, 11) is 0. The monoisotopic (exact) mass is 263 g/mol. The van der Waals surface area contributed by atoms with E-state index in [1.807, 2.05) is 30.3 Å². The van der Waals surface area contributed by atoms with Crippen LogP contribution in [0.5, 0.6) is 0 Å². The van der Waals surface area contributed by atoms with Gasteiger partial charge in [-0.3, -0.25) is 5.43 Å². The average Bonchev–Trinajstić information content (AvgIpc) is 2.45. The summed E-state index contributed by atoms with van der Waals surface area (Å²) in [5.74, 6) is 6.10. The third-order valence-corrected chi connectivity index (χ3v) is 2.94. The smallest absolute Gasteiger partial charge is 0.210 e. The molecule has 106 valence electrons. The van der Waals surface area contributed by atoms with Crippen molar-refractivity contribution in [2.24, 2.45) is 10.8 Å². The van der Waals surface area contributed by atoms with Crippen LogP contribution >= 0.6 is 0 Å². The summed E-state index contributed by atoms with van der Waals surface area (Å²) in [4.78, 5) is 6.89. The summed E-state index contributed by atoms with van der Waals surface area (Å²) in [6.45, 7) is 9.40. The Morgan fingerprint density at radius 2 is 1.89 bits per heavy atom. The summed E-state index contributed by atoms with van der Waals surface area (Å²) < 4.78 is 0. The number of nitrogens with one attached hydrogen (secondary N) is 2. The molecule has 0 radical (unpaired) electrons. The number of hydrazine groups is 1. The standard InChI is InChI=1S/C14H25N5/c1-4-19(5-2)11-12(3)16-14(18-15)17-13-9-7-6-8-10-13/h6-10,12H,4-5,11,15H2,1-3H3,(H2,16,17,18). The van der Waals surface area contributed by atoms with E-state index in [4.69, 9.17) is 5.84 Å². The molecule has 19 heavy (non-hydrogen) atoms. The van der Waals surface area contributed by atoms with E-state index < -0.39 is 0 Å². The molecule has 0 fully saturated rings. The molecule has 5 heteroatoms. The number of anilines is 1. The largest absolute Gasteiger partial charge is 0.325 e. The SMILES string of the molecule is CCN(CC)CC(C)N=C(NN)Nc1ccccc1. The van der Waals surface area contributed by atoms with Gasteiger partial charge in [0.2, 0.25) is 5.96 Å². The number of hydrogen-bond donors (Lipinski definition) is 3. The Kier molecular flexibility index (Phi) is 6.92. The van der Waals surface area contributed by atoms with Crippen LogP contribution in [-0.2, 0) is 0 Å². The van der Waals surface area contributed by atoms with Crippen LogP contribution in [0.3, 0.4) is 0 Å². The fraction of sp³-hybridized carbons (Fsp3) is 0.500. The van der Waals surface area contributed by atoms with Crippen LogP contribution in [0.25, 0.3) is 0 Å². The van der Waals surface area contributed by atoms with Crippen LogP contribution < -0.4 is 16.6 Å². The number of nitrogens with zero attached hydrogens (tertiary/aromatic N) is 2. The molecule has 1 aromatic rings. The second-order valence-electron chi connectivity index (χ2n) is 4.45. The molecule has 0 aliphatic heterocycles. The number of para-hydroxylation sites is 1. The van der Waals surface area contributed by atoms with Gasteiger partial charge in [-0.15, -0.1) is 0 Å². The van der Waals surface area contributed by atoms with Crippen LogP contribution in [0.15, 0.2) is 35.3 Å². The third kappa shape index (κ3) is 5.72. The van der Waals surface area contributed by atoms with Crippen molar-refractivity contribution in [1.29, 1.82) is 0 Å². The van der Waals surface area contributed by atoms with Gasteiger partial charge in [-0.1, -0.05) is 32.0 Å². The lowest BCUT2D eigenvalue weighted by atomic mass is 10.3. The van der Waals surface area contributed by atoms with Crippen molar-refractivity contribution in [3.63, 3.8) is 0 Å². The van der Waals surface area contributed by atoms with Crippen LogP contribution in [0, 0.1) is 0 Å². The molecule has 1 rings (SSSR count). The van der Waals surface area contributed by atoms with Gasteiger partial charge in [0, 0.05) is 12.2 Å². The van der Waals surface area contributed by atoms with E-state index in [-0.39, 0.29) is 6.04 Å². The molecule has 0 bridgehead atoms. The molecule has 0 amide bonds. The van der Waals surface area contributed by atoms with E-state index in [0.29, 0.717) is 5.96 Å². The first-order valence-corrected chi connectivity index (χ1v) is 6.78. The van der Waals surface area contributed by atoms with Crippen LogP contribution in [-0.4, -0.2) is 36.5 Å². The second-order valence-corrected chi connectivity index (χ2v) is 4.45. The minimum absolute atomic E-state index is 0.183. The van der Waals surface area contributed by atoms with E-state index in [9.17, 15) is 0 Å². The van der Waals surface area contributed by atoms with E-state index in [1.165, 1.54) is 0 Å². The van der Waals surface area contributed by atoms with E-state index in [2.05, 4.69) is 41.4 Å². The fourth-order valence-corrected chi connectivity index (χ4v) is 1.88. The second kappa shape index (κ2) is 8.50. The lowest BCUT2D eigenvalue weighted by Crippen LogP contribution is -2.38. The van der Waals surface area contributed by atoms with Crippen molar-refractivity contribution in [3.8, 4) is 0 Å². The minimum Gasteiger partial charge on any atom is -0.325 e. The lowest BCUT2D eigenvalue weighted by Gasteiger charge is -2.21. The van der Waals surface area contributed by atoms with E-state index in [1.54, 1.807) is 0 Å². The van der Waals surface area contributed by atoms with E-state index in [0.717, 1.165) is 25.3 Å². The fourth-order valence-electron chi connectivity index (χ4n) is 1.88. The van der Waals surface area contributed by atoms with Gasteiger partial charge in [-0.2, -0.15) is 0 Å². The molecule has 1 aromatic carbocycles. The highest BCUT2D eigenvalue weighted by molar-refractivity contribution is 5.93. The Bertz CT molecular complexity index is 373. The van der Waals surface area contributed by atoms with Crippen LogP contribution in [0.2, 0.25) is 0 Å². The number of likely N-dealkylation sites (N-methyl/N-ethyl adjacent to an activating group) is 1. The maximum atomic E-state index is 5.51. The number of guanidine groups is 1. The first-order chi connectivity index (χ1) is 9.19. The normalized spacial score (nSPS) is 13.4. The molecule has 0 aromatic heterocycles. The number of benzene rings is 1. The Hall–Kier alpha value is -1.59. The zero-order valence-corrected chi connectivity index (χ0v) is 12.1. The first kappa shape index (κ1) is 15.5. The topological polar surface area (TPSA) is 65.7 Å². The van der Waals surface area contributed by atoms with Gasteiger partial charge in [0.05, 0.1) is 6.04 Å². The van der Waals surface area contributed by atoms with Crippen molar-refractivity contribution in [2.45, 2.75) is 26.8 Å². The summed E-state index contributed by atoms with van der Waals surface area (Å²) in [6.07, 6.45) is 0. The summed E-state index contributed by atoms with van der Waals surface area (Å²) in [5, 5.41) is 3.16. The van der Waals surface area contributed by atoms with E-state index >= 15 is 0 Å². The summed E-state index contributed by atoms with van der Waals surface area (Å²) in [5.41, 5.74) is 3.58. The van der Waals surface area contributed by atoms with Crippen LogP contribution in [0.4, 0.5) is 5.69 Å². The third-order valence-electron chi connectivity index (χ3n) is 2.94. The highest BCUT2D eigenvalue weighted by Gasteiger charge is 2.07. The van der Waals surface area contributed by atoms with Crippen LogP contribution in [0.1, 0.15) is 20.8 Å². The number of aliphatic imine (C=N–C) groups is 1. The zero-order chi connectivity index (χ0) is 14.1. The Morgan fingerprint density at radius 1 is 1.26 bits per heavy atom. The molecule has 0 saturated heterocycles. The van der Waals surface area contributed by atoms with Gasteiger partial charge in [0.15, 0.2) is 0 Å². The highest BCUT2D eigenvalue weighted by Crippen LogP contribution is 2.05. The molecule has 1 atom stereocenters.